The lowest BCUT2D eigenvalue weighted by Gasteiger charge is -2.13. The molecule has 3 N–H and O–H groups in total. The van der Waals surface area contributed by atoms with Gasteiger partial charge in [0.15, 0.2) is 5.25 Å². The number of aromatic nitrogens is 1. The van der Waals surface area contributed by atoms with Gasteiger partial charge in [-0.15, -0.1) is 0 Å². The molecule has 0 bridgehead atoms. The second-order valence-electron chi connectivity index (χ2n) is 3.75. The number of hydrogen-bond donors (Lipinski definition) is 2. The van der Waals surface area contributed by atoms with Crippen LogP contribution in [0.3, 0.4) is 0 Å². The molecule has 1 rings (SSSR count). The van der Waals surface area contributed by atoms with Crippen LogP contribution in [-0.2, 0) is 19.6 Å². The minimum atomic E-state index is -3.89. The van der Waals surface area contributed by atoms with Crippen LogP contribution in [0.1, 0.15) is 12.5 Å². The van der Waals surface area contributed by atoms with E-state index in [4.69, 9.17) is 5.73 Å². The molecule has 0 radical (unpaired) electrons. The number of carbonyl (C=O) groups is 1. The van der Waals surface area contributed by atoms with Crippen LogP contribution in [0, 0.1) is 6.92 Å². The van der Waals surface area contributed by atoms with Crippen molar-refractivity contribution < 1.29 is 17.9 Å². The highest BCUT2D eigenvalue weighted by molar-refractivity contribution is 7.94. The van der Waals surface area contributed by atoms with E-state index in [1.807, 2.05) is 0 Å². The van der Waals surface area contributed by atoms with Crippen molar-refractivity contribution in [2.45, 2.75) is 19.1 Å². The first kappa shape index (κ1) is 14.2. The molecule has 1 unspecified atom stereocenters. The van der Waals surface area contributed by atoms with Crippen LogP contribution >= 0.6 is 0 Å². The molecule has 1 aromatic rings. The number of anilines is 2. The fraction of sp³-hybridized carbons (Fsp3) is 0.400. The number of nitrogens with one attached hydrogen (secondary N) is 1. The normalized spacial score (nSPS) is 12.8. The first-order valence-electron chi connectivity index (χ1n) is 5.09. The monoisotopic (exact) mass is 273 g/mol. The molecule has 100 valence electrons. The van der Waals surface area contributed by atoms with Gasteiger partial charge in [0.2, 0.25) is 10.0 Å². The first-order valence-corrected chi connectivity index (χ1v) is 6.64. The number of esters is 1. The highest BCUT2D eigenvalue weighted by Crippen LogP contribution is 2.17. The molecule has 7 nitrogen and oxygen atoms in total. The van der Waals surface area contributed by atoms with E-state index in [0.29, 0.717) is 11.3 Å². The van der Waals surface area contributed by atoms with Crippen LogP contribution in [0.15, 0.2) is 12.3 Å². The highest BCUT2D eigenvalue weighted by atomic mass is 32.2. The van der Waals surface area contributed by atoms with Crippen LogP contribution < -0.4 is 10.5 Å². The molecule has 0 aliphatic heterocycles. The summed E-state index contributed by atoms with van der Waals surface area (Å²) in [4.78, 5) is 15.1. The van der Waals surface area contributed by atoms with Crippen LogP contribution in [-0.4, -0.2) is 31.7 Å². The molecule has 0 amide bonds. The molecule has 8 heteroatoms. The molecule has 1 atom stereocenters. The van der Waals surface area contributed by atoms with E-state index in [2.05, 4.69) is 14.4 Å². The molecule has 0 aromatic carbocycles. The van der Waals surface area contributed by atoms with Crippen LogP contribution in [0.4, 0.5) is 11.5 Å². The Hall–Kier alpha value is -1.83. The average molecular weight is 273 g/mol. The van der Waals surface area contributed by atoms with E-state index >= 15 is 0 Å². The molecular weight excluding hydrogens is 258 g/mol. The lowest BCUT2D eigenvalue weighted by molar-refractivity contribution is -0.139. The molecule has 0 aliphatic carbocycles. The number of aryl methyl sites for hydroxylation is 1. The van der Waals surface area contributed by atoms with Crippen molar-refractivity contribution in [1.82, 2.24) is 4.98 Å². The maximum atomic E-state index is 11.9. The Balaban J connectivity index is 2.99. The minimum Gasteiger partial charge on any atom is -0.468 e. The van der Waals surface area contributed by atoms with E-state index in [9.17, 15) is 13.2 Å². The number of sulfonamides is 1. The smallest absolute Gasteiger partial charge is 0.325 e. The predicted octanol–water partition coefficient (Wildman–Crippen LogP) is 0.275. The molecular formula is C10H15N3O4S. The van der Waals surface area contributed by atoms with Gasteiger partial charge in [0, 0.05) is 0 Å². The number of rotatable bonds is 4. The number of hydrogen-bond acceptors (Lipinski definition) is 6. The van der Waals surface area contributed by atoms with Crippen molar-refractivity contribution in [1.29, 1.82) is 0 Å². The zero-order valence-electron chi connectivity index (χ0n) is 10.3. The summed E-state index contributed by atoms with van der Waals surface area (Å²) in [5, 5.41) is -1.32. The van der Waals surface area contributed by atoms with Crippen LogP contribution in [0.5, 0.6) is 0 Å². The lowest BCUT2D eigenvalue weighted by Crippen LogP contribution is -2.33. The van der Waals surface area contributed by atoms with Gasteiger partial charge in [0.25, 0.3) is 0 Å². The van der Waals surface area contributed by atoms with E-state index in [-0.39, 0.29) is 5.82 Å². The molecule has 0 saturated carbocycles. The summed E-state index contributed by atoms with van der Waals surface area (Å²) >= 11 is 0. The number of pyridine rings is 1. The summed E-state index contributed by atoms with van der Waals surface area (Å²) in [6.45, 7) is 2.89. The molecule has 1 aromatic heterocycles. The van der Waals surface area contributed by atoms with Crippen molar-refractivity contribution in [3.05, 3.63) is 17.8 Å². The highest BCUT2D eigenvalue weighted by Gasteiger charge is 2.29. The van der Waals surface area contributed by atoms with Gasteiger partial charge < -0.3 is 10.5 Å². The number of nitrogen functional groups attached to an aromatic ring is 1. The van der Waals surface area contributed by atoms with Crippen molar-refractivity contribution >= 4 is 27.5 Å². The van der Waals surface area contributed by atoms with Gasteiger partial charge in [0.1, 0.15) is 5.82 Å². The number of nitrogens with zero attached hydrogens (tertiary/aromatic N) is 1. The topological polar surface area (TPSA) is 111 Å². The van der Waals surface area contributed by atoms with Crippen molar-refractivity contribution in [2.24, 2.45) is 0 Å². The van der Waals surface area contributed by atoms with Gasteiger partial charge in [-0.2, -0.15) is 0 Å². The molecule has 0 spiro atoms. The van der Waals surface area contributed by atoms with Crippen molar-refractivity contribution in [3.8, 4) is 0 Å². The number of methoxy groups -OCH3 is 1. The van der Waals surface area contributed by atoms with E-state index in [1.165, 1.54) is 13.1 Å². The first-order chi connectivity index (χ1) is 8.27. The lowest BCUT2D eigenvalue weighted by atomic mass is 10.3. The maximum absolute atomic E-state index is 11.9. The molecule has 1 heterocycles. The third-order valence-electron chi connectivity index (χ3n) is 2.34. The summed E-state index contributed by atoms with van der Waals surface area (Å²) in [7, 11) is -2.76. The minimum absolute atomic E-state index is 0.139. The van der Waals surface area contributed by atoms with Crippen LogP contribution in [0.2, 0.25) is 0 Å². The quantitative estimate of drug-likeness (QED) is 0.762. The summed E-state index contributed by atoms with van der Waals surface area (Å²) in [6, 6.07) is 1.58. The second kappa shape index (κ2) is 5.21. The zero-order valence-corrected chi connectivity index (χ0v) is 11.1. The second-order valence-corrected chi connectivity index (χ2v) is 5.75. The largest absolute Gasteiger partial charge is 0.468 e. The summed E-state index contributed by atoms with van der Waals surface area (Å²) in [5.41, 5.74) is 6.50. The van der Waals surface area contributed by atoms with Gasteiger partial charge in [-0.1, -0.05) is 0 Å². The van der Waals surface area contributed by atoms with Crippen molar-refractivity contribution in [3.63, 3.8) is 0 Å². The Morgan fingerprint density at radius 2 is 2.17 bits per heavy atom. The Bertz CT molecular complexity index is 556. The third kappa shape index (κ3) is 3.10. The van der Waals surface area contributed by atoms with Gasteiger partial charge in [0.05, 0.1) is 19.0 Å². The summed E-state index contributed by atoms with van der Waals surface area (Å²) in [5.74, 6) is -0.699. The maximum Gasteiger partial charge on any atom is 0.325 e. The van der Waals surface area contributed by atoms with E-state index in [0.717, 1.165) is 7.11 Å². The van der Waals surface area contributed by atoms with Gasteiger partial charge in [-0.3, -0.25) is 9.52 Å². The Labute approximate surface area is 105 Å². The Morgan fingerprint density at radius 3 is 2.67 bits per heavy atom. The summed E-state index contributed by atoms with van der Waals surface area (Å²) < 4.78 is 30.3. The van der Waals surface area contributed by atoms with Crippen molar-refractivity contribution in [2.75, 3.05) is 17.6 Å². The molecule has 0 aliphatic rings. The Kier molecular flexibility index (Phi) is 4.12. The number of ether oxygens (including phenoxy) is 1. The predicted molar refractivity (Wildman–Crippen MR) is 67.4 cm³/mol. The van der Waals surface area contributed by atoms with E-state index < -0.39 is 21.2 Å². The summed E-state index contributed by atoms with van der Waals surface area (Å²) in [6.07, 6.45) is 1.33. The zero-order chi connectivity index (χ0) is 13.9. The molecule has 0 saturated heterocycles. The Morgan fingerprint density at radius 1 is 1.56 bits per heavy atom. The van der Waals surface area contributed by atoms with Gasteiger partial charge in [-0.05, 0) is 25.5 Å². The van der Waals surface area contributed by atoms with Crippen LogP contribution in [0.25, 0.3) is 0 Å². The third-order valence-corrected chi connectivity index (χ3v) is 3.94. The fourth-order valence-corrected chi connectivity index (χ4v) is 2.23. The average Bonchev–Trinajstić information content (AvgIpc) is 2.30. The number of nitrogens with two attached hydrogens (primary N) is 1. The fourth-order valence-electron chi connectivity index (χ4n) is 1.22. The SMILES string of the molecule is COC(=O)C(C)S(=O)(=O)Nc1ncc(N)cc1C. The van der Waals surface area contributed by atoms with E-state index in [1.54, 1.807) is 13.0 Å². The van der Waals surface area contributed by atoms with Gasteiger partial charge in [-0.25, -0.2) is 13.4 Å². The molecule has 18 heavy (non-hydrogen) atoms. The van der Waals surface area contributed by atoms with Gasteiger partial charge >= 0.3 is 5.97 Å². The number of carbonyl (C=O) groups excluding carboxylic acids is 1. The molecule has 0 fully saturated rings. The standard InChI is InChI=1S/C10H15N3O4S/c1-6-4-8(11)5-12-9(6)13-18(15,16)7(2)10(14)17-3/h4-5,7H,11H2,1-3H3,(H,12,13).